The van der Waals surface area contributed by atoms with Crippen LogP contribution < -0.4 is 10.1 Å². The molecule has 0 radical (unpaired) electrons. The Bertz CT molecular complexity index is 733. The minimum absolute atomic E-state index is 0.107. The topological polar surface area (TPSA) is 80.8 Å². The fourth-order valence-electron chi connectivity index (χ4n) is 2.86. The Morgan fingerprint density at radius 1 is 1.31 bits per heavy atom. The number of nitrogens with zero attached hydrogens (tertiary/aromatic N) is 2. The lowest BCUT2D eigenvalue weighted by Crippen LogP contribution is -2.56. The molecule has 1 aromatic rings. The van der Waals surface area contributed by atoms with Gasteiger partial charge in [0, 0.05) is 18.3 Å². The van der Waals surface area contributed by atoms with Crippen LogP contribution in [0.4, 0.5) is 9.18 Å². The predicted molar refractivity (Wildman–Crippen MR) is 108 cm³/mol. The number of aryl methyl sites for hydroxylation is 1. The average Bonchev–Trinajstić information content (AvgIpc) is 2.61. The van der Waals surface area contributed by atoms with E-state index in [1.165, 1.54) is 4.90 Å². The highest BCUT2D eigenvalue weighted by molar-refractivity contribution is 5.82. The summed E-state index contributed by atoms with van der Waals surface area (Å²) in [4.78, 5) is 30.3. The molecule has 0 bridgehead atoms. The summed E-state index contributed by atoms with van der Waals surface area (Å²) in [5.74, 6) is 0.173. The zero-order valence-electron chi connectivity index (χ0n) is 18.1. The van der Waals surface area contributed by atoms with Crippen molar-refractivity contribution in [1.82, 2.24) is 15.2 Å². The van der Waals surface area contributed by atoms with E-state index in [4.69, 9.17) is 9.47 Å². The highest BCUT2D eigenvalue weighted by Crippen LogP contribution is 2.22. The maximum absolute atomic E-state index is 14.6. The molecule has 1 N–H and O–H groups in total. The van der Waals surface area contributed by atoms with Crippen LogP contribution in [0, 0.1) is 12.3 Å². The lowest BCUT2D eigenvalue weighted by Gasteiger charge is -2.37. The maximum Gasteiger partial charge on any atom is 0.410 e. The van der Waals surface area contributed by atoms with Crippen molar-refractivity contribution in [3.05, 3.63) is 23.9 Å². The number of aromatic nitrogens is 1. The zero-order chi connectivity index (χ0) is 21.8. The van der Waals surface area contributed by atoms with Crippen LogP contribution in [0.5, 0.6) is 5.88 Å². The Kier molecular flexibility index (Phi) is 7.08. The standard InChI is InChI=1S/C21H32FN3O4/c1-14-8-7-10-23-17(14)28-13-21(5,6)18(26)24-16-9-11-25(12-15(16)22)19(27)29-20(2,3)4/h7-8,10,15-16H,9,11-13H2,1-6H3,(H,24,26)/t15-,16?/m0/s1. The van der Waals surface area contributed by atoms with E-state index < -0.39 is 29.3 Å². The molecule has 1 aromatic heterocycles. The summed E-state index contributed by atoms with van der Waals surface area (Å²) in [6, 6.07) is 3.03. The van der Waals surface area contributed by atoms with Gasteiger partial charge in [0.25, 0.3) is 0 Å². The maximum atomic E-state index is 14.6. The van der Waals surface area contributed by atoms with E-state index in [2.05, 4.69) is 10.3 Å². The van der Waals surface area contributed by atoms with Gasteiger partial charge in [-0.15, -0.1) is 0 Å². The van der Waals surface area contributed by atoms with Crippen molar-refractivity contribution in [2.45, 2.75) is 65.8 Å². The number of piperidine rings is 1. The van der Waals surface area contributed by atoms with Gasteiger partial charge in [-0.05, 0) is 54.0 Å². The summed E-state index contributed by atoms with van der Waals surface area (Å²) in [7, 11) is 0. The molecule has 0 saturated carbocycles. The number of carbonyl (C=O) groups excluding carboxylic acids is 2. The van der Waals surface area contributed by atoms with Crippen molar-refractivity contribution >= 4 is 12.0 Å². The summed E-state index contributed by atoms with van der Waals surface area (Å²) < 4.78 is 25.6. The van der Waals surface area contributed by atoms with Gasteiger partial charge in [0.2, 0.25) is 11.8 Å². The van der Waals surface area contributed by atoms with Gasteiger partial charge in [0.15, 0.2) is 0 Å². The van der Waals surface area contributed by atoms with Crippen molar-refractivity contribution in [1.29, 1.82) is 0 Å². The highest BCUT2D eigenvalue weighted by atomic mass is 19.1. The Balaban J connectivity index is 1.88. The van der Waals surface area contributed by atoms with Gasteiger partial charge in [0.05, 0.1) is 18.0 Å². The number of carbonyl (C=O) groups is 2. The molecule has 2 rings (SSSR count). The van der Waals surface area contributed by atoms with E-state index in [9.17, 15) is 14.0 Å². The lowest BCUT2D eigenvalue weighted by atomic mass is 9.92. The predicted octanol–water partition coefficient (Wildman–Crippen LogP) is 3.26. The molecule has 1 unspecified atom stereocenters. The number of hydrogen-bond donors (Lipinski definition) is 1. The molecule has 7 nitrogen and oxygen atoms in total. The van der Waals surface area contributed by atoms with E-state index in [-0.39, 0.29) is 19.1 Å². The SMILES string of the molecule is Cc1cccnc1OCC(C)(C)C(=O)NC1CCN(C(=O)OC(C)(C)C)C[C@@H]1F. The molecule has 2 amide bonds. The molecule has 1 aliphatic heterocycles. The second-order valence-electron chi connectivity index (χ2n) is 9.11. The fourth-order valence-corrected chi connectivity index (χ4v) is 2.86. The normalized spacial score (nSPS) is 20.2. The average molecular weight is 410 g/mol. The van der Waals surface area contributed by atoms with Gasteiger partial charge in [-0.3, -0.25) is 4.79 Å². The molecule has 2 heterocycles. The van der Waals surface area contributed by atoms with Crippen LogP contribution in [0.2, 0.25) is 0 Å². The van der Waals surface area contributed by atoms with Crippen molar-refractivity contribution in [3.63, 3.8) is 0 Å². The summed E-state index contributed by atoms with van der Waals surface area (Å²) in [6.07, 6.45) is 0.0450. The van der Waals surface area contributed by atoms with Crippen LogP contribution in [-0.4, -0.2) is 59.4 Å². The summed E-state index contributed by atoms with van der Waals surface area (Å²) in [5.41, 5.74) is -0.627. The Hall–Kier alpha value is -2.38. The van der Waals surface area contributed by atoms with Crippen molar-refractivity contribution in [2.24, 2.45) is 5.41 Å². The van der Waals surface area contributed by atoms with E-state index in [0.717, 1.165) is 5.56 Å². The van der Waals surface area contributed by atoms with Gasteiger partial charge in [-0.1, -0.05) is 6.07 Å². The molecule has 162 valence electrons. The minimum Gasteiger partial charge on any atom is -0.476 e. The third-order valence-electron chi connectivity index (χ3n) is 4.66. The van der Waals surface area contributed by atoms with Gasteiger partial charge >= 0.3 is 6.09 Å². The Morgan fingerprint density at radius 3 is 2.59 bits per heavy atom. The second-order valence-corrected chi connectivity index (χ2v) is 9.11. The summed E-state index contributed by atoms with van der Waals surface area (Å²) >= 11 is 0. The third kappa shape index (κ3) is 6.58. The molecular formula is C21H32FN3O4. The van der Waals surface area contributed by atoms with Crippen LogP contribution in [-0.2, 0) is 9.53 Å². The number of hydrogen-bond acceptors (Lipinski definition) is 5. The molecule has 8 heteroatoms. The van der Waals surface area contributed by atoms with Gasteiger partial charge in [-0.2, -0.15) is 0 Å². The minimum atomic E-state index is -1.37. The summed E-state index contributed by atoms with van der Waals surface area (Å²) in [6.45, 7) is 11.0. The quantitative estimate of drug-likeness (QED) is 0.807. The number of likely N-dealkylation sites (tertiary alicyclic amines) is 1. The fraction of sp³-hybridized carbons (Fsp3) is 0.667. The van der Waals surface area contributed by atoms with Gasteiger partial charge in [0.1, 0.15) is 18.4 Å². The van der Waals surface area contributed by atoms with E-state index >= 15 is 0 Å². The lowest BCUT2D eigenvalue weighted by molar-refractivity contribution is -0.132. The van der Waals surface area contributed by atoms with Crippen molar-refractivity contribution < 1.29 is 23.5 Å². The first-order chi connectivity index (χ1) is 13.4. The number of halogens is 1. The van der Waals surface area contributed by atoms with Crippen LogP contribution in [0.25, 0.3) is 0 Å². The Morgan fingerprint density at radius 2 is 2.00 bits per heavy atom. The largest absolute Gasteiger partial charge is 0.476 e. The highest BCUT2D eigenvalue weighted by Gasteiger charge is 2.37. The molecule has 0 spiro atoms. The van der Waals surface area contributed by atoms with Crippen LogP contribution in [0.1, 0.15) is 46.6 Å². The van der Waals surface area contributed by atoms with Crippen molar-refractivity contribution in [3.8, 4) is 5.88 Å². The second kappa shape index (κ2) is 8.97. The van der Waals surface area contributed by atoms with Crippen molar-refractivity contribution in [2.75, 3.05) is 19.7 Å². The first-order valence-electron chi connectivity index (χ1n) is 9.86. The number of alkyl halides is 1. The molecule has 0 aromatic carbocycles. The molecule has 1 fully saturated rings. The molecule has 29 heavy (non-hydrogen) atoms. The zero-order valence-corrected chi connectivity index (χ0v) is 18.1. The third-order valence-corrected chi connectivity index (χ3v) is 4.66. The van der Waals surface area contributed by atoms with Gasteiger partial charge < -0.3 is 19.7 Å². The monoisotopic (exact) mass is 409 g/mol. The molecule has 1 aliphatic rings. The first kappa shape index (κ1) is 22.9. The number of amides is 2. The number of nitrogens with one attached hydrogen (secondary N) is 1. The van der Waals surface area contributed by atoms with Crippen LogP contribution >= 0.6 is 0 Å². The summed E-state index contributed by atoms with van der Waals surface area (Å²) in [5, 5.41) is 2.77. The van der Waals surface area contributed by atoms with E-state index in [1.807, 2.05) is 19.1 Å². The van der Waals surface area contributed by atoms with Crippen LogP contribution in [0.15, 0.2) is 18.3 Å². The molecular weight excluding hydrogens is 377 g/mol. The number of rotatable bonds is 5. The van der Waals surface area contributed by atoms with Gasteiger partial charge in [-0.25, -0.2) is 14.2 Å². The number of pyridine rings is 1. The molecule has 0 aliphatic carbocycles. The molecule has 1 saturated heterocycles. The first-order valence-corrected chi connectivity index (χ1v) is 9.86. The Labute approximate surface area is 172 Å². The number of ether oxygens (including phenoxy) is 2. The van der Waals surface area contributed by atoms with E-state index in [1.54, 1.807) is 40.8 Å². The van der Waals surface area contributed by atoms with Crippen LogP contribution in [0.3, 0.4) is 0 Å². The van der Waals surface area contributed by atoms with E-state index in [0.29, 0.717) is 18.8 Å². The smallest absolute Gasteiger partial charge is 0.410 e. The molecule has 2 atom stereocenters.